The summed E-state index contributed by atoms with van der Waals surface area (Å²) in [6, 6.07) is 0. The Balaban J connectivity index is 2.11. The van der Waals surface area contributed by atoms with E-state index in [-0.39, 0.29) is 5.54 Å². The Kier molecular flexibility index (Phi) is 3.33. The van der Waals surface area contributed by atoms with Crippen LogP contribution in [-0.4, -0.2) is 23.0 Å². The van der Waals surface area contributed by atoms with E-state index in [4.69, 9.17) is 5.73 Å². The third-order valence-electron chi connectivity index (χ3n) is 2.98. The Morgan fingerprint density at radius 2 is 2.00 bits per heavy atom. The normalized spacial score (nSPS) is 18.2. The molecule has 1 aliphatic rings. The molecule has 0 unspecified atom stereocenters. The van der Waals surface area contributed by atoms with Crippen LogP contribution in [0.15, 0.2) is 0 Å². The zero-order valence-corrected chi connectivity index (χ0v) is 11.2. The Morgan fingerprint density at radius 3 is 2.50 bits per heavy atom. The lowest BCUT2D eigenvalue weighted by Gasteiger charge is -2.16. The lowest BCUT2D eigenvalue weighted by Crippen LogP contribution is -2.28. The Labute approximate surface area is 102 Å². The highest BCUT2D eigenvalue weighted by molar-refractivity contribution is 7.11. The molecule has 0 aromatic carbocycles. The summed E-state index contributed by atoms with van der Waals surface area (Å²) in [5.74, 6) is 0. The van der Waals surface area contributed by atoms with Crippen LogP contribution in [-0.2, 0) is 12.1 Å². The van der Waals surface area contributed by atoms with Crippen LogP contribution in [0.1, 0.15) is 42.3 Å². The quantitative estimate of drug-likeness (QED) is 0.879. The number of rotatable bonds is 3. The molecule has 0 radical (unpaired) electrons. The molecular weight excluding hydrogens is 218 g/mol. The van der Waals surface area contributed by atoms with Gasteiger partial charge >= 0.3 is 0 Å². The van der Waals surface area contributed by atoms with E-state index >= 15 is 0 Å². The predicted octanol–water partition coefficient (Wildman–Crippen LogP) is 2.24. The van der Waals surface area contributed by atoms with Crippen LogP contribution in [0.2, 0.25) is 0 Å². The van der Waals surface area contributed by atoms with Gasteiger partial charge in [0.25, 0.3) is 0 Å². The first-order valence-corrected chi connectivity index (χ1v) is 6.76. The van der Waals surface area contributed by atoms with Gasteiger partial charge in [0, 0.05) is 10.4 Å². The molecule has 0 spiro atoms. The minimum Gasteiger partial charge on any atom is -0.321 e. The van der Waals surface area contributed by atoms with E-state index in [1.807, 2.05) is 13.8 Å². The van der Waals surface area contributed by atoms with Crippen LogP contribution in [0.3, 0.4) is 0 Å². The van der Waals surface area contributed by atoms with Crippen molar-refractivity contribution in [2.45, 2.75) is 45.7 Å². The van der Waals surface area contributed by atoms with Crippen LogP contribution in [0, 0.1) is 6.92 Å². The minimum atomic E-state index is -0.259. The largest absolute Gasteiger partial charge is 0.321 e. The molecule has 3 nitrogen and oxygen atoms in total. The van der Waals surface area contributed by atoms with Crippen molar-refractivity contribution in [3.63, 3.8) is 0 Å². The van der Waals surface area contributed by atoms with Gasteiger partial charge < -0.3 is 5.73 Å². The van der Waals surface area contributed by atoms with Crippen LogP contribution in [0.5, 0.6) is 0 Å². The van der Waals surface area contributed by atoms with Gasteiger partial charge in [0.2, 0.25) is 0 Å². The third-order valence-corrected chi connectivity index (χ3v) is 4.47. The number of hydrogen-bond acceptors (Lipinski definition) is 4. The number of nitrogens with zero attached hydrogens (tertiary/aromatic N) is 2. The summed E-state index contributed by atoms with van der Waals surface area (Å²) >= 11 is 1.78. The second-order valence-electron chi connectivity index (χ2n) is 5.23. The lowest BCUT2D eigenvalue weighted by atomic mass is 10.0. The molecule has 90 valence electrons. The van der Waals surface area contributed by atoms with Crippen molar-refractivity contribution < 1.29 is 0 Å². The Bertz CT molecular complexity index is 359. The topological polar surface area (TPSA) is 42.2 Å². The van der Waals surface area contributed by atoms with Crippen LogP contribution in [0.25, 0.3) is 0 Å². The summed E-state index contributed by atoms with van der Waals surface area (Å²) in [4.78, 5) is 8.34. The zero-order chi connectivity index (χ0) is 11.8. The summed E-state index contributed by atoms with van der Waals surface area (Å²) in [7, 11) is 0. The molecule has 0 aliphatic carbocycles. The molecule has 1 aliphatic heterocycles. The van der Waals surface area contributed by atoms with Crippen molar-refractivity contribution in [2.75, 3.05) is 13.1 Å². The molecular formula is C12H21N3S. The molecule has 1 fully saturated rings. The van der Waals surface area contributed by atoms with Gasteiger partial charge in [-0.15, -0.1) is 11.3 Å². The maximum absolute atomic E-state index is 6.14. The lowest BCUT2D eigenvalue weighted by molar-refractivity contribution is 0.330. The van der Waals surface area contributed by atoms with E-state index in [9.17, 15) is 0 Å². The smallest absolute Gasteiger partial charge is 0.107 e. The minimum absolute atomic E-state index is 0.259. The molecule has 16 heavy (non-hydrogen) atoms. The maximum Gasteiger partial charge on any atom is 0.107 e. The standard InChI is InChI=1S/C12H21N3S/c1-9-11(12(2,3)13)16-10(14-9)8-15-6-4-5-7-15/h4-8,13H2,1-3H3. The van der Waals surface area contributed by atoms with E-state index in [1.54, 1.807) is 11.3 Å². The van der Waals surface area contributed by atoms with Crippen molar-refractivity contribution in [3.05, 3.63) is 15.6 Å². The highest BCUT2D eigenvalue weighted by atomic mass is 32.1. The maximum atomic E-state index is 6.14. The van der Waals surface area contributed by atoms with Gasteiger partial charge in [0.05, 0.1) is 12.2 Å². The average Bonchev–Trinajstić information content (AvgIpc) is 2.74. The van der Waals surface area contributed by atoms with Gasteiger partial charge in [-0.2, -0.15) is 0 Å². The SMILES string of the molecule is Cc1nc(CN2CCCC2)sc1C(C)(C)N. The van der Waals surface area contributed by atoms with E-state index in [1.165, 1.54) is 35.8 Å². The average molecular weight is 239 g/mol. The monoisotopic (exact) mass is 239 g/mol. The van der Waals surface area contributed by atoms with E-state index in [0.717, 1.165) is 12.2 Å². The molecule has 2 rings (SSSR count). The highest BCUT2D eigenvalue weighted by Gasteiger charge is 2.22. The number of hydrogen-bond donors (Lipinski definition) is 1. The second kappa shape index (κ2) is 4.43. The first kappa shape index (κ1) is 12.0. The molecule has 2 N–H and O–H groups in total. The van der Waals surface area contributed by atoms with Crippen molar-refractivity contribution in [1.82, 2.24) is 9.88 Å². The molecule has 0 amide bonds. The van der Waals surface area contributed by atoms with E-state index in [0.29, 0.717) is 0 Å². The summed E-state index contributed by atoms with van der Waals surface area (Å²) in [6.07, 6.45) is 2.67. The molecule has 0 atom stereocenters. The van der Waals surface area contributed by atoms with Crippen LogP contribution in [0.4, 0.5) is 0 Å². The summed E-state index contributed by atoms with van der Waals surface area (Å²) < 4.78 is 0. The van der Waals surface area contributed by atoms with Gasteiger partial charge in [0.15, 0.2) is 0 Å². The van der Waals surface area contributed by atoms with Gasteiger partial charge in [-0.05, 0) is 46.7 Å². The fourth-order valence-corrected chi connectivity index (χ4v) is 3.37. The molecule has 1 aromatic heterocycles. The van der Waals surface area contributed by atoms with Gasteiger partial charge in [-0.1, -0.05) is 0 Å². The fraction of sp³-hybridized carbons (Fsp3) is 0.750. The molecule has 0 saturated carbocycles. The van der Waals surface area contributed by atoms with Crippen molar-refractivity contribution in [2.24, 2.45) is 5.73 Å². The molecule has 1 aromatic rings. The van der Waals surface area contributed by atoms with Crippen molar-refractivity contribution in [3.8, 4) is 0 Å². The van der Waals surface area contributed by atoms with Gasteiger partial charge in [0.1, 0.15) is 5.01 Å². The van der Waals surface area contributed by atoms with Crippen molar-refractivity contribution in [1.29, 1.82) is 0 Å². The molecule has 4 heteroatoms. The molecule has 0 bridgehead atoms. The Hall–Kier alpha value is -0.450. The number of aromatic nitrogens is 1. The zero-order valence-electron chi connectivity index (χ0n) is 10.4. The van der Waals surface area contributed by atoms with Crippen molar-refractivity contribution >= 4 is 11.3 Å². The van der Waals surface area contributed by atoms with Gasteiger partial charge in [-0.3, -0.25) is 4.90 Å². The summed E-state index contributed by atoms with van der Waals surface area (Å²) in [5, 5.41) is 1.22. The predicted molar refractivity (Wildman–Crippen MR) is 68.6 cm³/mol. The van der Waals surface area contributed by atoms with Gasteiger partial charge in [-0.25, -0.2) is 4.98 Å². The Morgan fingerprint density at radius 1 is 1.38 bits per heavy atom. The fourth-order valence-electron chi connectivity index (χ4n) is 2.25. The first-order chi connectivity index (χ1) is 7.47. The van der Waals surface area contributed by atoms with Crippen LogP contribution < -0.4 is 5.73 Å². The summed E-state index contributed by atoms with van der Waals surface area (Å²) in [5.41, 5.74) is 6.98. The number of likely N-dealkylation sites (tertiary alicyclic amines) is 1. The first-order valence-electron chi connectivity index (χ1n) is 5.95. The van der Waals surface area contributed by atoms with Crippen LogP contribution >= 0.6 is 11.3 Å². The molecule has 2 heterocycles. The molecule has 1 saturated heterocycles. The third kappa shape index (κ3) is 2.62. The van der Waals surface area contributed by atoms with E-state index < -0.39 is 0 Å². The van der Waals surface area contributed by atoms with E-state index in [2.05, 4.69) is 16.8 Å². The number of nitrogens with two attached hydrogens (primary N) is 1. The number of thiazole rings is 1. The highest BCUT2D eigenvalue weighted by Crippen LogP contribution is 2.28. The number of aryl methyl sites for hydroxylation is 1. The summed E-state index contributed by atoms with van der Waals surface area (Å²) in [6.45, 7) is 9.61. The second-order valence-corrected chi connectivity index (χ2v) is 6.31.